The first-order valence-electron chi connectivity index (χ1n) is 6.11. The lowest BCUT2D eigenvalue weighted by molar-refractivity contribution is 0.616. The van der Waals surface area contributed by atoms with Gasteiger partial charge in [-0.05, 0) is 12.1 Å². The van der Waals surface area contributed by atoms with Crippen molar-refractivity contribution in [1.82, 2.24) is 12.7 Å². The second kappa shape index (κ2) is 3.96. The minimum Gasteiger partial charge on any atom is -0.380 e. The predicted octanol–water partition coefficient (Wildman–Crippen LogP) is 2.42. The summed E-state index contributed by atoms with van der Waals surface area (Å²) in [7, 11) is 0. The minimum atomic E-state index is 0.557. The van der Waals surface area contributed by atoms with Crippen molar-refractivity contribution in [3.63, 3.8) is 0 Å². The molecule has 1 fully saturated rings. The van der Waals surface area contributed by atoms with Crippen molar-refractivity contribution in [1.29, 1.82) is 0 Å². The molecule has 1 aromatic heterocycles. The molecule has 1 saturated heterocycles. The molecule has 5 heteroatoms. The number of rotatable bonds is 1. The zero-order valence-electron chi connectivity index (χ0n) is 9.75. The largest absolute Gasteiger partial charge is 0.380 e. The molecule has 0 amide bonds. The maximum atomic E-state index is 4.16. The van der Waals surface area contributed by atoms with Gasteiger partial charge in [0, 0.05) is 71.6 Å². The van der Waals surface area contributed by atoms with E-state index in [1.807, 2.05) is 18.7 Å². The number of imidazole rings is 1. The van der Waals surface area contributed by atoms with Crippen molar-refractivity contribution < 1.29 is 0 Å². The summed E-state index contributed by atoms with van der Waals surface area (Å²) < 4.78 is 4.48. The summed E-state index contributed by atoms with van der Waals surface area (Å²) in [5.41, 5.74) is 4.00. The Kier molecular flexibility index (Phi) is 2.38. The minimum absolute atomic E-state index is 0.557. The van der Waals surface area contributed by atoms with Crippen molar-refractivity contribution in [2.75, 3.05) is 18.4 Å². The van der Waals surface area contributed by atoms with E-state index in [-0.39, 0.29) is 0 Å². The summed E-state index contributed by atoms with van der Waals surface area (Å²) in [6, 6.07) is 7.04. The molecule has 3 heterocycles. The fraction of sp³-hybridized carbons (Fsp3) is 0.308. The molecule has 2 aliphatic heterocycles. The molecule has 0 spiro atoms. The number of nitrogens with one attached hydrogen (secondary N) is 1. The third-order valence-electron chi connectivity index (χ3n) is 3.85. The lowest BCUT2D eigenvalue weighted by Crippen LogP contribution is -2.20. The van der Waals surface area contributed by atoms with Crippen LogP contribution in [0.25, 0.3) is 5.69 Å². The number of aromatic nitrogens is 2. The summed E-state index contributed by atoms with van der Waals surface area (Å²) >= 11 is 2.42. The third-order valence-corrected chi connectivity index (χ3v) is 4.64. The fourth-order valence-electron chi connectivity index (χ4n) is 3.09. The Bertz CT molecular complexity index is 581. The van der Waals surface area contributed by atoms with Gasteiger partial charge in [-0.3, -0.25) is 0 Å². The standard InChI is InChI=1S/C13H13IN4/c14-18-6-9-11(7-18)16-10-2-1-3-12(13(9)10)17-5-4-15-8-17/h1-5,8-9,11,16H,6-7H2. The first-order chi connectivity index (χ1) is 8.83. The van der Waals surface area contributed by atoms with E-state index in [1.54, 1.807) is 0 Å². The van der Waals surface area contributed by atoms with Crippen LogP contribution >= 0.6 is 22.9 Å². The number of hydrogen-bond acceptors (Lipinski definition) is 3. The molecule has 2 unspecified atom stereocenters. The van der Waals surface area contributed by atoms with Crippen molar-refractivity contribution in [2.24, 2.45) is 0 Å². The second-order valence-corrected chi connectivity index (χ2v) is 6.26. The van der Waals surface area contributed by atoms with Gasteiger partial charge in [-0.2, -0.15) is 0 Å². The van der Waals surface area contributed by atoms with Gasteiger partial charge < -0.3 is 9.88 Å². The lowest BCUT2D eigenvalue weighted by Gasteiger charge is -2.14. The van der Waals surface area contributed by atoms with Gasteiger partial charge in [0.25, 0.3) is 0 Å². The van der Waals surface area contributed by atoms with Gasteiger partial charge in [0.15, 0.2) is 0 Å². The van der Waals surface area contributed by atoms with Crippen LogP contribution in [-0.4, -0.2) is 31.8 Å². The quantitative estimate of drug-likeness (QED) is 0.632. The van der Waals surface area contributed by atoms with Gasteiger partial charge in [0.1, 0.15) is 0 Å². The normalized spacial score (nSPS) is 25.8. The lowest BCUT2D eigenvalue weighted by atomic mass is 9.96. The summed E-state index contributed by atoms with van der Waals surface area (Å²) in [5.74, 6) is 0.593. The fourth-order valence-corrected chi connectivity index (χ4v) is 3.94. The maximum Gasteiger partial charge on any atom is 0.0991 e. The smallest absolute Gasteiger partial charge is 0.0991 e. The zero-order valence-corrected chi connectivity index (χ0v) is 11.9. The van der Waals surface area contributed by atoms with Crippen LogP contribution in [0.1, 0.15) is 11.5 Å². The average Bonchev–Trinajstić information content (AvgIpc) is 3.02. The molecule has 92 valence electrons. The highest BCUT2D eigenvalue weighted by Crippen LogP contribution is 2.44. The van der Waals surface area contributed by atoms with Gasteiger partial charge in [0.2, 0.25) is 0 Å². The van der Waals surface area contributed by atoms with Crippen molar-refractivity contribution in [3.05, 3.63) is 42.5 Å². The summed E-state index contributed by atoms with van der Waals surface area (Å²) in [6.45, 7) is 2.24. The van der Waals surface area contributed by atoms with Crippen LogP contribution in [-0.2, 0) is 0 Å². The van der Waals surface area contributed by atoms with E-state index in [4.69, 9.17) is 0 Å². The SMILES string of the molecule is IN1CC2Nc3cccc(-n4ccnc4)c3C2C1. The van der Waals surface area contributed by atoms with Crippen LogP contribution in [0.3, 0.4) is 0 Å². The number of halogens is 1. The summed E-state index contributed by atoms with van der Waals surface area (Å²) in [6.07, 6.45) is 5.72. The predicted molar refractivity (Wildman–Crippen MR) is 79.3 cm³/mol. The molecular weight excluding hydrogens is 339 g/mol. The maximum absolute atomic E-state index is 4.16. The molecule has 2 aliphatic rings. The first-order valence-corrected chi connectivity index (χ1v) is 7.08. The highest BCUT2D eigenvalue weighted by Gasteiger charge is 2.40. The van der Waals surface area contributed by atoms with Crippen molar-refractivity contribution in [3.8, 4) is 5.69 Å². The van der Waals surface area contributed by atoms with E-state index in [0.29, 0.717) is 12.0 Å². The van der Waals surface area contributed by atoms with Gasteiger partial charge in [-0.15, -0.1) is 0 Å². The molecule has 4 nitrogen and oxygen atoms in total. The Labute approximate surface area is 120 Å². The monoisotopic (exact) mass is 352 g/mol. The van der Waals surface area contributed by atoms with E-state index in [2.05, 4.69) is 59.0 Å². The topological polar surface area (TPSA) is 33.1 Å². The van der Waals surface area contributed by atoms with Crippen LogP contribution in [0, 0.1) is 0 Å². The summed E-state index contributed by atoms with van der Waals surface area (Å²) in [4.78, 5) is 4.16. The van der Waals surface area contributed by atoms with Gasteiger partial charge in [0.05, 0.1) is 12.0 Å². The van der Waals surface area contributed by atoms with E-state index in [0.717, 1.165) is 13.1 Å². The molecule has 18 heavy (non-hydrogen) atoms. The molecule has 4 rings (SSSR count). The van der Waals surface area contributed by atoms with E-state index in [1.165, 1.54) is 16.9 Å². The molecule has 2 atom stereocenters. The Hall–Kier alpha value is -1.08. The number of hydrogen-bond donors (Lipinski definition) is 1. The Balaban J connectivity index is 1.86. The van der Waals surface area contributed by atoms with E-state index < -0.39 is 0 Å². The Morgan fingerprint density at radius 3 is 3.11 bits per heavy atom. The van der Waals surface area contributed by atoms with Crippen molar-refractivity contribution >= 4 is 28.6 Å². The van der Waals surface area contributed by atoms with Crippen LogP contribution in [0.4, 0.5) is 5.69 Å². The molecule has 1 N–H and O–H groups in total. The van der Waals surface area contributed by atoms with Crippen LogP contribution in [0.5, 0.6) is 0 Å². The third kappa shape index (κ3) is 1.50. The first kappa shape index (κ1) is 10.8. The zero-order chi connectivity index (χ0) is 12.1. The van der Waals surface area contributed by atoms with E-state index >= 15 is 0 Å². The molecule has 0 radical (unpaired) electrons. The number of benzene rings is 1. The molecule has 0 saturated carbocycles. The molecular formula is C13H13IN4. The molecule has 2 aromatic rings. The van der Waals surface area contributed by atoms with Gasteiger partial charge in [-0.1, -0.05) is 6.07 Å². The second-order valence-electron chi connectivity index (χ2n) is 4.89. The van der Waals surface area contributed by atoms with E-state index in [9.17, 15) is 0 Å². The van der Waals surface area contributed by atoms with Crippen molar-refractivity contribution in [2.45, 2.75) is 12.0 Å². The highest BCUT2D eigenvalue weighted by molar-refractivity contribution is 14.1. The number of fused-ring (bicyclic) bond motifs is 3. The van der Waals surface area contributed by atoms with Crippen LogP contribution in [0.15, 0.2) is 36.9 Å². The van der Waals surface area contributed by atoms with Crippen LogP contribution < -0.4 is 5.32 Å². The highest BCUT2D eigenvalue weighted by atomic mass is 127. The van der Waals surface area contributed by atoms with Gasteiger partial charge >= 0.3 is 0 Å². The summed E-state index contributed by atoms with van der Waals surface area (Å²) in [5, 5.41) is 3.65. The molecule has 1 aromatic carbocycles. The average molecular weight is 352 g/mol. The number of anilines is 1. The molecule has 0 aliphatic carbocycles. The van der Waals surface area contributed by atoms with Crippen LogP contribution in [0.2, 0.25) is 0 Å². The van der Waals surface area contributed by atoms with Gasteiger partial charge in [-0.25, -0.2) is 8.10 Å². The Morgan fingerprint density at radius 2 is 2.28 bits per heavy atom. The Morgan fingerprint density at radius 1 is 1.33 bits per heavy atom. The molecule has 0 bridgehead atoms. The number of nitrogens with zero attached hydrogens (tertiary/aromatic N) is 3.